The van der Waals surface area contributed by atoms with Gasteiger partial charge in [-0.05, 0) is 87.1 Å². The van der Waals surface area contributed by atoms with E-state index in [0.717, 1.165) is 27.1 Å². The van der Waals surface area contributed by atoms with Crippen LogP contribution in [0.25, 0.3) is 0 Å². The number of hydrogen-bond acceptors (Lipinski definition) is 6. The molecule has 0 radical (unpaired) electrons. The van der Waals surface area contributed by atoms with E-state index >= 15 is 0 Å². The molecule has 0 unspecified atom stereocenters. The molecule has 33 heavy (non-hydrogen) atoms. The Morgan fingerprint density at radius 3 is 2.36 bits per heavy atom. The highest BCUT2D eigenvalue weighted by molar-refractivity contribution is 7.89. The van der Waals surface area contributed by atoms with Gasteiger partial charge in [0.15, 0.2) is 0 Å². The Bertz CT molecular complexity index is 1090. The molecule has 0 aliphatic carbocycles. The molecule has 1 aliphatic heterocycles. The lowest BCUT2D eigenvalue weighted by atomic mass is 9.97. The van der Waals surface area contributed by atoms with Crippen molar-refractivity contribution in [2.24, 2.45) is 11.1 Å². The van der Waals surface area contributed by atoms with Crippen molar-refractivity contribution >= 4 is 33.0 Å². The van der Waals surface area contributed by atoms with Crippen molar-refractivity contribution in [2.75, 3.05) is 19.6 Å². The molecule has 1 aromatic heterocycles. The number of aryl methyl sites for hydroxylation is 2. The van der Waals surface area contributed by atoms with Crippen LogP contribution >= 0.6 is 11.3 Å². The molecular weight excluding hydrogens is 458 g/mol. The van der Waals surface area contributed by atoms with Gasteiger partial charge < -0.3 is 10.5 Å². The van der Waals surface area contributed by atoms with E-state index in [2.05, 4.69) is 10.5 Å². The lowest BCUT2D eigenvalue weighted by Gasteiger charge is -2.31. The van der Waals surface area contributed by atoms with Crippen molar-refractivity contribution in [2.45, 2.75) is 58.3 Å². The topological polar surface area (TPSA) is 99.1 Å². The van der Waals surface area contributed by atoms with E-state index in [4.69, 9.17) is 0 Å². The standard InChI is InChI=1S/C24H33N3O4S2/c1-16-15-17(2)19(4)23(18(16)3)33(30,31)27-12-9-20(10-13-27)24(28)25-11-5-7-21(26-29)22-8-6-14-32-22/h6,8,14-15,20,29H,5,7,9-13H2,1-4H3,(H,25,28)/b26-21-. The van der Waals surface area contributed by atoms with Gasteiger partial charge in [0, 0.05) is 25.6 Å². The second-order valence-corrected chi connectivity index (χ2v) is 11.5. The van der Waals surface area contributed by atoms with Gasteiger partial charge in [-0.2, -0.15) is 4.31 Å². The maximum absolute atomic E-state index is 13.4. The molecule has 2 aromatic rings. The van der Waals surface area contributed by atoms with E-state index in [1.54, 1.807) is 0 Å². The van der Waals surface area contributed by atoms with Crippen LogP contribution in [-0.4, -0.2) is 49.2 Å². The van der Waals surface area contributed by atoms with Crippen LogP contribution in [0, 0.1) is 33.6 Å². The summed E-state index contributed by atoms with van der Waals surface area (Å²) in [6, 6.07) is 5.83. The van der Waals surface area contributed by atoms with Gasteiger partial charge in [-0.25, -0.2) is 8.42 Å². The fourth-order valence-corrected chi connectivity index (χ4v) is 7.12. The van der Waals surface area contributed by atoms with Crippen molar-refractivity contribution < 1.29 is 18.4 Å². The zero-order chi connectivity index (χ0) is 24.2. The van der Waals surface area contributed by atoms with Gasteiger partial charge in [0.2, 0.25) is 15.9 Å². The maximum Gasteiger partial charge on any atom is 0.243 e. The number of thiophene rings is 1. The number of oxime groups is 1. The first-order chi connectivity index (χ1) is 15.7. The van der Waals surface area contributed by atoms with Crippen LogP contribution in [0.2, 0.25) is 0 Å². The normalized spacial score (nSPS) is 16.2. The number of nitrogens with one attached hydrogen (secondary N) is 1. The molecule has 1 saturated heterocycles. The SMILES string of the molecule is Cc1cc(C)c(C)c(S(=O)(=O)N2CCC(C(=O)NCCC/C(=N/O)c3cccs3)CC2)c1C. The Kier molecular flexibility index (Phi) is 8.31. The lowest BCUT2D eigenvalue weighted by molar-refractivity contribution is -0.126. The van der Waals surface area contributed by atoms with Crippen LogP contribution in [0.15, 0.2) is 33.6 Å². The van der Waals surface area contributed by atoms with Gasteiger partial charge in [-0.3, -0.25) is 4.79 Å². The van der Waals surface area contributed by atoms with Crippen LogP contribution in [0.3, 0.4) is 0 Å². The molecule has 2 heterocycles. The van der Waals surface area contributed by atoms with E-state index in [-0.39, 0.29) is 11.8 Å². The molecule has 0 saturated carbocycles. The van der Waals surface area contributed by atoms with Gasteiger partial charge in [0.1, 0.15) is 0 Å². The highest BCUT2D eigenvalue weighted by Gasteiger charge is 2.34. The Hall–Kier alpha value is -2.23. The second-order valence-electron chi connectivity index (χ2n) is 8.69. The minimum Gasteiger partial charge on any atom is -0.411 e. The first-order valence-electron chi connectivity index (χ1n) is 11.3. The van der Waals surface area contributed by atoms with Gasteiger partial charge in [-0.1, -0.05) is 17.3 Å². The summed E-state index contributed by atoms with van der Waals surface area (Å²) < 4.78 is 28.3. The Labute approximate surface area is 200 Å². The van der Waals surface area contributed by atoms with Crippen molar-refractivity contribution in [1.29, 1.82) is 0 Å². The average molecular weight is 492 g/mol. The Morgan fingerprint density at radius 2 is 1.82 bits per heavy atom. The van der Waals surface area contributed by atoms with Crippen LogP contribution in [0.1, 0.15) is 52.8 Å². The van der Waals surface area contributed by atoms with Crippen molar-refractivity contribution in [3.63, 3.8) is 0 Å². The monoisotopic (exact) mass is 491 g/mol. The Balaban J connectivity index is 1.53. The molecule has 2 N–H and O–H groups in total. The zero-order valence-electron chi connectivity index (χ0n) is 19.7. The molecule has 1 aromatic carbocycles. The van der Waals surface area contributed by atoms with Gasteiger partial charge >= 0.3 is 0 Å². The summed E-state index contributed by atoms with van der Waals surface area (Å²) in [6.45, 7) is 8.77. The summed E-state index contributed by atoms with van der Waals surface area (Å²) in [5.41, 5.74) is 4.16. The average Bonchev–Trinajstić information content (AvgIpc) is 3.32. The number of rotatable bonds is 8. The molecule has 0 atom stereocenters. The number of nitrogens with zero attached hydrogens (tertiary/aromatic N) is 2. The molecule has 1 fully saturated rings. The van der Waals surface area contributed by atoms with Crippen LogP contribution in [0.4, 0.5) is 0 Å². The summed E-state index contributed by atoms with van der Waals surface area (Å²) >= 11 is 1.51. The number of hydrogen-bond donors (Lipinski definition) is 2. The number of sulfonamides is 1. The predicted octanol–water partition coefficient (Wildman–Crippen LogP) is 4.16. The van der Waals surface area contributed by atoms with Crippen LogP contribution < -0.4 is 5.32 Å². The number of amides is 1. The molecule has 1 amide bonds. The lowest BCUT2D eigenvalue weighted by Crippen LogP contribution is -2.43. The minimum atomic E-state index is -3.61. The number of piperidine rings is 1. The van der Waals surface area contributed by atoms with E-state index in [0.29, 0.717) is 55.9 Å². The largest absolute Gasteiger partial charge is 0.411 e. The fraction of sp³-hybridized carbons (Fsp3) is 0.500. The van der Waals surface area contributed by atoms with Crippen molar-refractivity contribution in [1.82, 2.24) is 9.62 Å². The van der Waals surface area contributed by atoms with Crippen molar-refractivity contribution in [3.05, 3.63) is 50.7 Å². The van der Waals surface area contributed by atoms with Gasteiger partial charge in [0.25, 0.3) is 0 Å². The summed E-state index contributed by atoms with van der Waals surface area (Å²) in [6.07, 6.45) is 2.25. The zero-order valence-corrected chi connectivity index (χ0v) is 21.4. The molecular formula is C24H33N3O4S2. The highest BCUT2D eigenvalue weighted by Crippen LogP contribution is 2.31. The van der Waals surface area contributed by atoms with Crippen molar-refractivity contribution in [3.8, 4) is 0 Å². The van der Waals surface area contributed by atoms with Crippen LogP contribution in [-0.2, 0) is 14.8 Å². The van der Waals surface area contributed by atoms with Crippen LogP contribution in [0.5, 0.6) is 0 Å². The summed E-state index contributed by atoms with van der Waals surface area (Å²) in [5, 5.41) is 17.5. The smallest absolute Gasteiger partial charge is 0.243 e. The van der Waals surface area contributed by atoms with E-state index in [1.807, 2.05) is 51.3 Å². The fourth-order valence-electron chi connectivity index (χ4n) is 4.33. The minimum absolute atomic E-state index is 0.0376. The third kappa shape index (κ3) is 5.65. The van der Waals surface area contributed by atoms with E-state index in [9.17, 15) is 18.4 Å². The van der Waals surface area contributed by atoms with Gasteiger partial charge in [-0.15, -0.1) is 11.3 Å². The van der Waals surface area contributed by atoms with E-state index < -0.39 is 10.0 Å². The molecule has 1 aliphatic rings. The first kappa shape index (κ1) is 25.4. The molecule has 180 valence electrons. The quantitative estimate of drug-likeness (QED) is 0.251. The second kappa shape index (κ2) is 10.8. The Morgan fingerprint density at radius 1 is 1.18 bits per heavy atom. The predicted molar refractivity (Wildman–Crippen MR) is 132 cm³/mol. The number of carbonyl (C=O) groups is 1. The number of benzene rings is 1. The van der Waals surface area contributed by atoms with Gasteiger partial charge in [0.05, 0.1) is 15.5 Å². The summed E-state index contributed by atoms with van der Waals surface area (Å²) in [5.74, 6) is -0.231. The maximum atomic E-state index is 13.4. The molecule has 0 bridgehead atoms. The molecule has 3 rings (SSSR count). The van der Waals surface area contributed by atoms with E-state index in [1.165, 1.54) is 15.6 Å². The third-order valence-electron chi connectivity index (χ3n) is 6.54. The summed E-state index contributed by atoms with van der Waals surface area (Å²) in [7, 11) is -3.61. The molecule has 9 heteroatoms. The summed E-state index contributed by atoms with van der Waals surface area (Å²) in [4.78, 5) is 13.9. The number of carbonyl (C=O) groups excluding carboxylic acids is 1. The molecule has 7 nitrogen and oxygen atoms in total. The highest BCUT2D eigenvalue weighted by atomic mass is 32.2. The third-order valence-corrected chi connectivity index (χ3v) is 9.63. The first-order valence-corrected chi connectivity index (χ1v) is 13.6. The molecule has 0 spiro atoms.